The minimum Gasteiger partial charge on any atom is -0.384 e. The summed E-state index contributed by atoms with van der Waals surface area (Å²) in [6.07, 6.45) is 1.82. The van der Waals surface area contributed by atoms with E-state index in [1.54, 1.807) is 23.9 Å². The molecule has 1 aromatic rings. The first-order valence-electron chi connectivity index (χ1n) is 5.33. The van der Waals surface area contributed by atoms with Gasteiger partial charge in [0.25, 0.3) is 0 Å². The molecule has 0 radical (unpaired) electrons. The molecule has 0 bridgehead atoms. The van der Waals surface area contributed by atoms with Crippen LogP contribution in [0.4, 0.5) is 0 Å². The van der Waals surface area contributed by atoms with Gasteiger partial charge in [0.2, 0.25) is 0 Å². The first-order chi connectivity index (χ1) is 7.54. The summed E-state index contributed by atoms with van der Waals surface area (Å²) >= 11 is 13.7. The predicted octanol–water partition coefficient (Wildman–Crippen LogP) is 4.10. The second kappa shape index (κ2) is 4.77. The lowest BCUT2D eigenvalue weighted by molar-refractivity contribution is 0.0254. The number of benzene rings is 1. The van der Waals surface area contributed by atoms with E-state index in [2.05, 4.69) is 6.92 Å². The van der Waals surface area contributed by atoms with Crippen LogP contribution >= 0.6 is 35.0 Å². The van der Waals surface area contributed by atoms with Gasteiger partial charge in [-0.1, -0.05) is 36.2 Å². The third-order valence-electron chi connectivity index (χ3n) is 3.16. The van der Waals surface area contributed by atoms with E-state index in [1.165, 1.54) is 0 Å². The number of aliphatic hydroxyl groups is 1. The fourth-order valence-electron chi connectivity index (χ4n) is 2.09. The highest BCUT2D eigenvalue weighted by molar-refractivity contribution is 8.00. The van der Waals surface area contributed by atoms with Gasteiger partial charge in [0.1, 0.15) is 5.60 Å². The Morgan fingerprint density at radius 1 is 1.38 bits per heavy atom. The van der Waals surface area contributed by atoms with Crippen LogP contribution < -0.4 is 0 Å². The third kappa shape index (κ3) is 2.21. The van der Waals surface area contributed by atoms with Gasteiger partial charge < -0.3 is 5.11 Å². The molecule has 88 valence electrons. The van der Waals surface area contributed by atoms with E-state index in [9.17, 15) is 5.11 Å². The molecule has 4 heteroatoms. The maximum atomic E-state index is 10.7. The average Bonchev–Trinajstić information content (AvgIpc) is 2.26. The second-order valence-corrected chi connectivity index (χ2v) is 6.43. The van der Waals surface area contributed by atoms with Crippen LogP contribution in [0.15, 0.2) is 18.2 Å². The Labute approximate surface area is 110 Å². The van der Waals surface area contributed by atoms with Gasteiger partial charge in [-0.2, -0.15) is 11.8 Å². The molecule has 0 spiro atoms. The van der Waals surface area contributed by atoms with Crippen molar-refractivity contribution in [2.75, 3.05) is 5.75 Å². The largest absolute Gasteiger partial charge is 0.384 e. The summed E-state index contributed by atoms with van der Waals surface area (Å²) in [7, 11) is 0. The Hall–Kier alpha value is 0.110. The van der Waals surface area contributed by atoms with Gasteiger partial charge in [0.15, 0.2) is 0 Å². The van der Waals surface area contributed by atoms with E-state index >= 15 is 0 Å². The van der Waals surface area contributed by atoms with Gasteiger partial charge in [-0.3, -0.25) is 0 Å². The maximum Gasteiger partial charge on any atom is 0.101 e. The zero-order valence-corrected chi connectivity index (χ0v) is 11.4. The van der Waals surface area contributed by atoms with Crippen LogP contribution in [0.25, 0.3) is 0 Å². The van der Waals surface area contributed by atoms with Crippen molar-refractivity contribution in [1.29, 1.82) is 0 Å². The lowest BCUT2D eigenvalue weighted by Gasteiger charge is -2.38. The minimum atomic E-state index is -0.767. The molecular weight excluding hydrogens is 263 g/mol. The third-order valence-corrected chi connectivity index (χ3v) is 5.32. The fourth-order valence-corrected chi connectivity index (χ4v) is 3.58. The molecule has 0 aliphatic carbocycles. The van der Waals surface area contributed by atoms with E-state index in [-0.39, 0.29) is 5.25 Å². The first-order valence-corrected chi connectivity index (χ1v) is 7.14. The Morgan fingerprint density at radius 3 is 2.75 bits per heavy atom. The molecule has 16 heavy (non-hydrogen) atoms. The summed E-state index contributed by atoms with van der Waals surface area (Å²) in [6, 6.07) is 5.41. The van der Waals surface area contributed by atoms with Crippen molar-refractivity contribution in [2.24, 2.45) is 0 Å². The van der Waals surface area contributed by atoms with Gasteiger partial charge in [-0.25, -0.2) is 0 Å². The highest BCUT2D eigenvalue weighted by Crippen LogP contribution is 2.42. The minimum absolute atomic E-state index is 0.193. The van der Waals surface area contributed by atoms with Crippen LogP contribution in [-0.4, -0.2) is 16.1 Å². The van der Waals surface area contributed by atoms with Crippen LogP contribution in [0.1, 0.15) is 25.3 Å². The fraction of sp³-hybridized carbons (Fsp3) is 0.500. The molecule has 0 amide bonds. The SMILES string of the molecule is CC1SCCCC1(O)c1ccc(Cl)c(Cl)c1. The van der Waals surface area contributed by atoms with Crippen LogP contribution in [-0.2, 0) is 5.60 Å². The molecule has 0 aromatic heterocycles. The average molecular weight is 277 g/mol. The van der Waals surface area contributed by atoms with Gasteiger partial charge in [0.05, 0.1) is 10.0 Å². The summed E-state index contributed by atoms with van der Waals surface area (Å²) in [6.45, 7) is 2.06. The number of hydrogen-bond donors (Lipinski definition) is 1. The molecular formula is C12H14Cl2OS. The van der Waals surface area contributed by atoms with Crippen molar-refractivity contribution in [2.45, 2.75) is 30.6 Å². The van der Waals surface area contributed by atoms with E-state index in [4.69, 9.17) is 23.2 Å². The normalized spacial score (nSPS) is 30.4. The zero-order chi connectivity index (χ0) is 11.8. The molecule has 0 saturated carbocycles. The lowest BCUT2D eigenvalue weighted by Crippen LogP contribution is -2.38. The monoisotopic (exact) mass is 276 g/mol. The molecule has 1 heterocycles. The lowest BCUT2D eigenvalue weighted by atomic mass is 9.86. The van der Waals surface area contributed by atoms with Gasteiger partial charge >= 0.3 is 0 Å². The summed E-state index contributed by atoms with van der Waals surface area (Å²) in [4.78, 5) is 0. The van der Waals surface area contributed by atoms with E-state index in [0.717, 1.165) is 24.2 Å². The van der Waals surface area contributed by atoms with Crippen LogP contribution in [0.2, 0.25) is 10.0 Å². The predicted molar refractivity (Wildman–Crippen MR) is 71.5 cm³/mol. The molecule has 2 atom stereocenters. The topological polar surface area (TPSA) is 20.2 Å². The van der Waals surface area contributed by atoms with Crippen LogP contribution in [0.5, 0.6) is 0 Å². The van der Waals surface area contributed by atoms with Crippen molar-refractivity contribution in [3.63, 3.8) is 0 Å². The molecule has 1 saturated heterocycles. The molecule has 1 aliphatic rings. The zero-order valence-electron chi connectivity index (χ0n) is 9.04. The molecule has 2 unspecified atom stereocenters. The number of rotatable bonds is 1. The molecule has 1 aromatic carbocycles. The summed E-state index contributed by atoms with van der Waals surface area (Å²) in [5, 5.41) is 11.9. The summed E-state index contributed by atoms with van der Waals surface area (Å²) in [5.41, 5.74) is 0.110. The summed E-state index contributed by atoms with van der Waals surface area (Å²) < 4.78 is 0. The van der Waals surface area contributed by atoms with Crippen LogP contribution in [0.3, 0.4) is 0 Å². The van der Waals surface area contributed by atoms with Gasteiger partial charge in [-0.05, 0) is 36.3 Å². The molecule has 2 rings (SSSR count). The Kier molecular flexibility index (Phi) is 3.75. The number of halogens is 2. The maximum absolute atomic E-state index is 10.7. The van der Waals surface area contributed by atoms with Crippen molar-refractivity contribution in [1.82, 2.24) is 0 Å². The van der Waals surface area contributed by atoms with Gasteiger partial charge in [0, 0.05) is 5.25 Å². The van der Waals surface area contributed by atoms with E-state index in [1.807, 2.05) is 6.07 Å². The van der Waals surface area contributed by atoms with E-state index in [0.29, 0.717) is 10.0 Å². The Bertz CT molecular complexity index is 397. The molecule has 1 nitrogen and oxygen atoms in total. The molecule has 1 fully saturated rings. The van der Waals surface area contributed by atoms with Crippen molar-refractivity contribution in [3.05, 3.63) is 33.8 Å². The van der Waals surface area contributed by atoms with Crippen molar-refractivity contribution >= 4 is 35.0 Å². The number of thioether (sulfide) groups is 1. The Balaban J connectivity index is 2.37. The standard InChI is InChI=1S/C12H14Cl2OS/c1-8-12(15,5-2-6-16-8)9-3-4-10(13)11(14)7-9/h3-4,7-8,15H,2,5-6H2,1H3. The molecule has 1 aliphatic heterocycles. The highest BCUT2D eigenvalue weighted by atomic mass is 35.5. The van der Waals surface area contributed by atoms with Crippen molar-refractivity contribution in [3.8, 4) is 0 Å². The molecule has 1 N–H and O–H groups in total. The first kappa shape index (κ1) is 12.6. The smallest absolute Gasteiger partial charge is 0.101 e. The second-order valence-electron chi connectivity index (χ2n) is 4.17. The quantitative estimate of drug-likeness (QED) is 0.834. The van der Waals surface area contributed by atoms with Crippen molar-refractivity contribution < 1.29 is 5.11 Å². The highest BCUT2D eigenvalue weighted by Gasteiger charge is 2.38. The number of hydrogen-bond acceptors (Lipinski definition) is 2. The van der Waals surface area contributed by atoms with Gasteiger partial charge in [-0.15, -0.1) is 0 Å². The van der Waals surface area contributed by atoms with E-state index < -0.39 is 5.60 Å². The van der Waals surface area contributed by atoms with Crippen LogP contribution in [0, 0.1) is 0 Å². The summed E-state index contributed by atoms with van der Waals surface area (Å²) in [5.74, 6) is 1.12. The Morgan fingerprint density at radius 2 is 2.12 bits per heavy atom.